The molecular formula is C12H21N3O2. The summed E-state index contributed by atoms with van der Waals surface area (Å²) in [7, 11) is 1.71. The predicted molar refractivity (Wildman–Crippen MR) is 64.3 cm³/mol. The van der Waals surface area contributed by atoms with Gasteiger partial charge in [-0.3, -0.25) is 4.79 Å². The summed E-state index contributed by atoms with van der Waals surface area (Å²) in [6, 6.07) is 1.99. The van der Waals surface area contributed by atoms with E-state index in [9.17, 15) is 4.79 Å². The van der Waals surface area contributed by atoms with Gasteiger partial charge in [0.05, 0.1) is 19.0 Å². The molecule has 0 radical (unpaired) electrons. The minimum Gasteiger partial charge on any atom is -0.385 e. The van der Waals surface area contributed by atoms with Crippen LogP contribution in [0.25, 0.3) is 0 Å². The first-order valence-electron chi connectivity index (χ1n) is 6.06. The van der Waals surface area contributed by atoms with Crippen molar-refractivity contribution in [2.24, 2.45) is 5.41 Å². The number of hydrogen-bond acceptors (Lipinski definition) is 4. The van der Waals surface area contributed by atoms with Crippen molar-refractivity contribution in [1.29, 1.82) is 5.26 Å². The minimum absolute atomic E-state index is 0.0391. The molecule has 0 aromatic heterocycles. The molecule has 5 heteroatoms. The van der Waals surface area contributed by atoms with Crippen molar-refractivity contribution in [1.82, 2.24) is 10.6 Å². The van der Waals surface area contributed by atoms with Gasteiger partial charge in [0.2, 0.25) is 5.91 Å². The Morgan fingerprint density at radius 2 is 2.29 bits per heavy atom. The average Bonchev–Trinajstić information content (AvgIpc) is 3.07. The lowest BCUT2D eigenvalue weighted by atomic mass is 10.0. The first-order valence-corrected chi connectivity index (χ1v) is 6.06. The lowest BCUT2D eigenvalue weighted by Gasteiger charge is -2.15. The largest absolute Gasteiger partial charge is 0.385 e. The molecule has 0 atom stereocenters. The van der Waals surface area contributed by atoms with E-state index in [1.54, 1.807) is 7.11 Å². The van der Waals surface area contributed by atoms with Crippen LogP contribution in [0.5, 0.6) is 0 Å². The predicted octanol–water partition coefficient (Wildman–Crippen LogP) is 0.423. The van der Waals surface area contributed by atoms with E-state index in [1.807, 2.05) is 6.07 Å². The van der Waals surface area contributed by atoms with E-state index < -0.39 is 0 Å². The van der Waals surface area contributed by atoms with Crippen molar-refractivity contribution < 1.29 is 9.53 Å². The van der Waals surface area contributed by atoms with Crippen molar-refractivity contribution in [3.05, 3.63) is 0 Å². The number of rotatable bonds is 9. The van der Waals surface area contributed by atoms with Gasteiger partial charge in [-0.25, -0.2) is 0 Å². The fraction of sp³-hybridized carbons (Fsp3) is 0.833. The SMILES string of the molecule is COCCC1(CNCC(=O)NCCC#N)CC1. The van der Waals surface area contributed by atoms with Gasteiger partial charge >= 0.3 is 0 Å². The number of ether oxygens (including phenoxy) is 1. The normalized spacial score (nSPS) is 16.2. The molecule has 1 aliphatic rings. The highest BCUT2D eigenvalue weighted by Gasteiger charge is 2.41. The van der Waals surface area contributed by atoms with E-state index >= 15 is 0 Å². The van der Waals surface area contributed by atoms with Gasteiger partial charge in [-0.1, -0.05) is 0 Å². The Morgan fingerprint density at radius 1 is 1.53 bits per heavy atom. The standard InChI is InChI=1S/C12H21N3O2/c1-17-8-5-12(3-4-12)10-14-9-11(16)15-7-2-6-13/h14H,2-5,7-10H2,1H3,(H,15,16). The molecule has 1 fully saturated rings. The molecule has 0 spiro atoms. The second-order valence-corrected chi connectivity index (χ2v) is 4.60. The lowest BCUT2D eigenvalue weighted by Crippen LogP contribution is -2.37. The number of hydrogen-bond donors (Lipinski definition) is 2. The second kappa shape index (κ2) is 7.25. The number of carbonyl (C=O) groups excluding carboxylic acids is 1. The molecule has 1 amide bonds. The quantitative estimate of drug-likeness (QED) is 0.572. The van der Waals surface area contributed by atoms with Gasteiger partial charge in [0.25, 0.3) is 0 Å². The molecule has 1 rings (SSSR count). The van der Waals surface area contributed by atoms with E-state index in [2.05, 4.69) is 10.6 Å². The molecule has 5 nitrogen and oxygen atoms in total. The van der Waals surface area contributed by atoms with Crippen LogP contribution in [-0.4, -0.2) is 39.3 Å². The number of amides is 1. The smallest absolute Gasteiger partial charge is 0.233 e. The molecule has 0 saturated heterocycles. The summed E-state index contributed by atoms with van der Waals surface area (Å²) in [4.78, 5) is 11.3. The van der Waals surface area contributed by atoms with Crippen LogP contribution in [0.3, 0.4) is 0 Å². The van der Waals surface area contributed by atoms with Crippen LogP contribution in [0.2, 0.25) is 0 Å². The molecular weight excluding hydrogens is 218 g/mol. The van der Waals surface area contributed by atoms with Crippen LogP contribution in [0.1, 0.15) is 25.7 Å². The molecule has 2 N–H and O–H groups in total. The first-order chi connectivity index (χ1) is 8.22. The first kappa shape index (κ1) is 13.9. The molecule has 0 bridgehead atoms. The summed E-state index contributed by atoms with van der Waals surface area (Å²) >= 11 is 0. The van der Waals surface area contributed by atoms with Crippen LogP contribution in [-0.2, 0) is 9.53 Å². The number of nitrogens with zero attached hydrogens (tertiary/aromatic N) is 1. The fourth-order valence-corrected chi connectivity index (χ4v) is 1.77. The monoisotopic (exact) mass is 239 g/mol. The molecule has 1 aliphatic carbocycles. The molecule has 0 unspecified atom stereocenters. The Labute approximate surface area is 103 Å². The third-order valence-electron chi connectivity index (χ3n) is 3.14. The van der Waals surface area contributed by atoms with E-state index in [0.717, 1.165) is 19.6 Å². The third-order valence-corrected chi connectivity index (χ3v) is 3.14. The third kappa shape index (κ3) is 5.66. The van der Waals surface area contributed by atoms with E-state index in [4.69, 9.17) is 10.00 Å². The van der Waals surface area contributed by atoms with Crippen molar-refractivity contribution >= 4 is 5.91 Å². The number of methoxy groups -OCH3 is 1. The lowest BCUT2D eigenvalue weighted by molar-refractivity contribution is -0.120. The summed E-state index contributed by atoms with van der Waals surface area (Å²) in [5.74, 6) is -0.0391. The highest BCUT2D eigenvalue weighted by atomic mass is 16.5. The van der Waals surface area contributed by atoms with Gasteiger partial charge in [-0.05, 0) is 24.7 Å². The average molecular weight is 239 g/mol. The molecule has 1 saturated carbocycles. The second-order valence-electron chi connectivity index (χ2n) is 4.60. The Kier molecular flexibility index (Phi) is 5.95. The summed E-state index contributed by atoms with van der Waals surface area (Å²) in [6.07, 6.45) is 3.87. The molecule has 0 aliphatic heterocycles. The van der Waals surface area contributed by atoms with Gasteiger partial charge in [-0.15, -0.1) is 0 Å². The van der Waals surface area contributed by atoms with Gasteiger partial charge in [0, 0.05) is 26.8 Å². The molecule has 96 valence electrons. The summed E-state index contributed by atoms with van der Waals surface area (Å²) in [6.45, 7) is 2.43. The van der Waals surface area contributed by atoms with Crippen molar-refractivity contribution in [3.63, 3.8) is 0 Å². The van der Waals surface area contributed by atoms with Crippen molar-refractivity contribution in [2.75, 3.05) is 33.4 Å². The topological polar surface area (TPSA) is 74.2 Å². The molecule has 0 heterocycles. The zero-order valence-electron chi connectivity index (χ0n) is 10.4. The maximum absolute atomic E-state index is 11.3. The van der Waals surface area contributed by atoms with Gasteiger partial charge < -0.3 is 15.4 Å². The Bertz CT molecular complexity index is 282. The maximum Gasteiger partial charge on any atom is 0.233 e. The van der Waals surface area contributed by atoms with Crippen molar-refractivity contribution in [2.45, 2.75) is 25.7 Å². The van der Waals surface area contributed by atoms with Crippen LogP contribution in [0.4, 0.5) is 0 Å². The van der Waals surface area contributed by atoms with Gasteiger partial charge in [0.15, 0.2) is 0 Å². The molecule has 0 aromatic carbocycles. The minimum atomic E-state index is -0.0391. The zero-order valence-corrected chi connectivity index (χ0v) is 10.4. The van der Waals surface area contributed by atoms with E-state index in [-0.39, 0.29) is 5.91 Å². The zero-order chi connectivity index (χ0) is 12.6. The van der Waals surface area contributed by atoms with Crippen LogP contribution >= 0.6 is 0 Å². The fourth-order valence-electron chi connectivity index (χ4n) is 1.77. The van der Waals surface area contributed by atoms with E-state index in [1.165, 1.54) is 12.8 Å². The molecule has 0 aromatic rings. The Balaban J connectivity index is 2.03. The van der Waals surface area contributed by atoms with E-state index in [0.29, 0.717) is 24.9 Å². The maximum atomic E-state index is 11.3. The summed E-state index contributed by atoms with van der Waals surface area (Å²) in [5.41, 5.74) is 0.364. The number of nitrogens with one attached hydrogen (secondary N) is 2. The van der Waals surface area contributed by atoms with Crippen LogP contribution in [0.15, 0.2) is 0 Å². The van der Waals surface area contributed by atoms with Crippen LogP contribution < -0.4 is 10.6 Å². The highest BCUT2D eigenvalue weighted by molar-refractivity contribution is 5.77. The van der Waals surface area contributed by atoms with Crippen molar-refractivity contribution in [3.8, 4) is 6.07 Å². The summed E-state index contributed by atoms with van der Waals surface area (Å²) < 4.78 is 5.07. The number of carbonyl (C=O) groups is 1. The van der Waals surface area contributed by atoms with Gasteiger partial charge in [0.1, 0.15) is 0 Å². The summed E-state index contributed by atoms with van der Waals surface area (Å²) in [5, 5.41) is 14.2. The Hall–Kier alpha value is -1.12. The van der Waals surface area contributed by atoms with Crippen LogP contribution in [0, 0.1) is 16.7 Å². The van der Waals surface area contributed by atoms with Gasteiger partial charge in [-0.2, -0.15) is 5.26 Å². The Morgan fingerprint density at radius 3 is 2.88 bits per heavy atom. The number of nitriles is 1. The highest BCUT2D eigenvalue weighted by Crippen LogP contribution is 2.48. The molecule has 17 heavy (non-hydrogen) atoms.